The highest BCUT2D eigenvalue weighted by atomic mass is 19.1. The maximum Gasteiger partial charge on any atom is 0.163 e. The highest BCUT2D eigenvalue weighted by molar-refractivity contribution is 5.97. The van der Waals surface area contributed by atoms with Gasteiger partial charge in [0.05, 0.1) is 5.56 Å². The first-order valence-electron chi connectivity index (χ1n) is 7.16. The number of carbonyl (C=O) groups is 1. The normalized spacial score (nSPS) is 23.8. The van der Waals surface area contributed by atoms with E-state index in [4.69, 9.17) is 0 Å². The molecule has 1 aromatic carbocycles. The van der Waals surface area contributed by atoms with E-state index in [1.165, 1.54) is 19.4 Å². The van der Waals surface area contributed by atoms with Gasteiger partial charge in [0.15, 0.2) is 5.78 Å². The minimum Gasteiger partial charge on any atom is -0.507 e. The molecule has 110 valence electrons. The third-order valence-electron chi connectivity index (χ3n) is 4.41. The second-order valence-corrected chi connectivity index (χ2v) is 5.85. The number of phenols is 1. The van der Waals surface area contributed by atoms with E-state index in [-0.39, 0.29) is 17.1 Å². The van der Waals surface area contributed by atoms with Crippen molar-refractivity contribution >= 4 is 5.78 Å². The van der Waals surface area contributed by atoms with E-state index in [1.807, 2.05) is 0 Å². The number of likely N-dealkylation sites (tertiary alicyclic amines) is 1. The summed E-state index contributed by atoms with van der Waals surface area (Å²) in [6, 6.07) is 2.82. The fourth-order valence-corrected chi connectivity index (χ4v) is 2.91. The monoisotopic (exact) mass is 279 g/mol. The minimum absolute atomic E-state index is 0.0673. The van der Waals surface area contributed by atoms with Crippen LogP contribution in [0, 0.1) is 11.7 Å². The molecule has 1 saturated heterocycles. The first-order valence-corrected chi connectivity index (χ1v) is 7.16. The van der Waals surface area contributed by atoms with Gasteiger partial charge in [-0.15, -0.1) is 0 Å². The molecular weight excluding hydrogens is 257 g/mol. The van der Waals surface area contributed by atoms with E-state index in [0.717, 1.165) is 19.0 Å². The lowest BCUT2D eigenvalue weighted by Crippen LogP contribution is -2.41. The largest absolute Gasteiger partial charge is 0.507 e. The predicted octanol–water partition coefficient (Wildman–Crippen LogP) is 3.35. The Bertz CT molecular complexity index is 515. The summed E-state index contributed by atoms with van der Waals surface area (Å²) in [7, 11) is 0. The van der Waals surface area contributed by atoms with Gasteiger partial charge in [-0.2, -0.15) is 0 Å². The highest BCUT2D eigenvalue weighted by Gasteiger charge is 2.26. The number of ketones is 1. The second kappa shape index (κ2) is 5.92. The second-order valence-electron chi connectivity index (χ2n) is 5.85. The molecule has 0 saturated carbocycles. The zero-order valence-corrected chi connectivity index (χ0v) is 12.3. The molecule has 1 aromatic rings. The summed E-state index contributed by atoms with van der Waals surface area (Å²) in [5.74, 6) is -0.278. The summed E-state index contributed by atoms with van der Waals surface area (Å²) in [5, 5.41) is 10.2. The summed E-state index contributed by atoms with van der Waals surface area (Å²) in [5.41, 5.74) is 0.564. The quantitative estimate of drug-likeness (QED) is 0.863. The lowest BCUT2D eigenvalue weighted by atomic mass is 9.91. The smallest absolute Gasteiger partial charge is 0.163 e. The average molecular weight is 279 g/mol. The van der Waals surface area contributed by atoms with Gasteiger partial charge in [0.25, 0.3) is 0 Å². The van der Waals surface area contributed by atoms with E-state index in [0.29, 0.717) is 24.1 Å². The van der Waals surface area contributed by atoms with Crippen molar-refractivity contribution < 1.29 is 14.3 Å². The number of phenolic OH excluding ortho intramolecular Hbond substituents is 1. The topological polar surface area (TPSA) is 40.5 Å². The molecule has 2 atom stereocenters. The number of halogens is 1. The molecule has 0 spiro atoms. The number of rotatable bonds is 3. The van der Waals surface area contributed by atoms with E-state index in [2.05, 4.69) is 18.7 Å². The zero-order valence-electron chi connectivity index (χ0n) is 12.3. The molecular formula is C16H22FNO2. The van der Waals surface area contributed by atoms with Crippen molar-refractivity contribution in [2.45, 2.75) is 46.2 Å². The zero-order chi connectivity index (χ0) is 14.9. The maximum atomic E-state index is 13.6. The van der Waals surface area contributed by atoms with Gasteiger partial charge in [0.2, 0.25) is 0 Å². The average Bonchev–Trinajstić information content (AvgIpc) is 2.38. The van der Waals surface area contributed by atoms with Crippen molar-refractivity contribution in [3.8, 4) is 5.75 Å². The van der Waals surface area contributed by atoms with Crippen molar-refractivity contribution in [1.82, 2.24) is 4.90 Å². The third kappa shape index (κ3) is 3.01. The van der Waals surface area contributed by atoms with Crippen LogP contribution in [0.3, 0.4) is 0 Å². The first kappa shape index (κ1) is 15.0. The van der Waals surface area contributed by atoms with Crippen molar-refractivity contribution in [3.63, 3.8) is 0 Å². The van der Waals surface area contributed by atoms with E-state index >= 15 is 0 Å². The van der Waals surface area contributed by atoms with Crippen LogP contribution in [-0.2, 0) is 6.54 Å². The number of nitrogens with zero attached hydrogens (tertiary/aromatic N) is 1. The Morgan fingerprint density at radius 2 is 2.15 bits per heavy atom. The molecule has 0 amide bonds. The molecule has 0 radical (unpaired) electrons. The molecule has 4 heteroatoms. The Morgan fingerprint density at radius 3 is 2.80 bits per heavy atom. The lowest BCUT2D eigenvalue weighted by Gasteiger charge is -2.38. The summed E-state index contributed by atoms with van der Waals surface area (Å²) in [4.78, 5) is 13.7. The SMILES string of the molecule is CC(=O)c1cc(F)cc(CN2CCCC(C)C2C)c1O. The van der Waals surface area contributed by atoms with Crippen LogP contribution < -0.4 is 0 Å². The predicted molar refractivity (Wildman–Crippen MR) is 76.3 cm³/mol. The molecule has 1 heterocycles. The molecule has 1 N–H and O–H groups in total. The summed E-state index contributed by atoms with van der Waals surface area (Å²) >= 11 is 0. The van der Waals surface area contributed by atoms with Crippen molar-refractivity contribution in [2.24, 2.45) is 5.92 Å². The number of Topliss-reactive ketones (excluding diaryl/α,β-unsaturated/α-hetero) is 1. The molecule has 0 bridgehead atoms. The summed E-state index contributed by atoms with van der Waals surface area (Å²) in [6.45, 7) is 7.13. The molecule has 20 heavy (non-hydrogen) atoms. The van der Waals surface area contributed by atoms with Crippen LogP contribution in [0.4, 0.5) is 4.39 Å². The van der Waals surface area contributed by atoms with Crippen LogP contribution in [0.15, 0.2) is 12.1 Å². The van der Waals surface area contributed by atoms with Gasteiger partial charge in [-0.25, -0.2) is 4.39 Å². The Kier molecular flexibility index (Phi) is 4.43. The van der Waals surface area contributed by atoms with Gasteiger partial charge in [-0.05, 0) is 51.3 Å². The number of aromatic hydroxyl groups is 1. The number of hydrogen-bond acceptors (Lipinski definition) is 3. The van der Waals surface area contributed by atoms with Crippen LogP contribution in [-0.4, -0.2) is 28.4 Å². The molecule has 1 aliphatic rings. The van der Waals surface area contributed by atoms with Crippen LogP contribution in [0.25, 0.3) is 0 Å². The molecule has 1 fully saturated rings. The van der Waals surface area contributed by atoms with Gasteiger partial charge in [0.1, 0.15) is 11.6 Å². The van der Waals surface area contributed by atoms with E-state index < -0.39 is 5.82 Å². The van der Waals surface area contributed by atoms with Gasteiger partial charge >= 0.3 is 0 Å². The first-order chi connectivity index (χ1) is 9.40. The molecule has 3 nitrogen and oxygen atoms in total. The Morgan fingerprint density at radius 1 is 1.45 bits per heavy atom. The molecule has 0 aliphatic carbocycles. The fourth-order valence-electron chi connectivity index (χ4n) is 2.91. The fraction of sp³-hybridized carbons (Fsp3) is 0.562. The van der Waals surface area contributed by atoms with Crippen LogP contribution in [0.2, 0.25) is 0 Å². The van der Waals surface area contributed by atoms with Gasteiger partial charge in [-0.3, -0.25) is 9.69 Å². The van der Waals surface area contributed by atoms with Crippen LogP contribution in [0.1, 0.15) is 49.5 Å². The van der Waals surface area contributed by atoms with Crippen molar-refractivity contribution in [1.29, 1.82) is 0 Å². The molecule has 0 aromatic heterocycles. The highest BCUT2D eigenvalue weighted by Crippen LogP contribution is 2.30. The Hall–Kier alpha value is -1.42. The Labute approximate surface area is 119 Å². The number of hydrogen-bond donors (Lipinski definition) is 1. The lowest BCUT2D eigenvalue weighted by molar-refractivity contribution is 0.100. The van der Waals surface area contributed by atoms with E-state index in [9.17, 15) is 14.3 Å². The number of benzene rings is 1. The summed E-state index contributed by atoms with van der Waals surface area (Å²) < 4.78 is 13.6. The molecule has 2 unspecified atom stereocenters. The van der Waals surface area contributed by atoms with Crippen LogP contribution in [0.5, 0.6) is 5.75 Å². The standard InChI is InChI=1S/C16H22FNO2/c1-10-5-4-6-18(11(10)2)9-13-7-14(17)8-15(12(3)19)16(13)20/h7-8,10-11,20H,4-6,9H2,1-3H3. The Balaban J connectivity index is 2.27. The van der Waals surface area contributed by atoms with Crippen molar-refractivity contribution in [2.75, 3.05) is 6.54 Å². The molecule has 1 aliphatic heterocycles. The van der Waals surface area contributed by atoms with Gasteiger partial charge in [-0.1, -0.05) is 6.92 Å². The summed E-state index contributed by atoms with van der Waals surface area (Å²) in [6.07, 6.45) is 2.31. The van der Waals surface area contributed by atoms with Gasteiger partial charge < -0.3 is 5.11 Å². The maximum absolute atomic E-state index is 13.6. The molecule has 2 rings (SSSR count). The van der Waals surface area contributed by atoms with Crippen molar-refractivity contribution in [3.05, 3.63) is 29.1 Å². The number of carbonyl (C=O) groups excluding carboxylic acids is 1. The van der Waals surface area contributed by atoms with Gasteiger partial charge in [0, 0.05) is 18.2 Å². The minimum atomic E-state index is -0.472. The van der Waals surface area contributed by atoms with E-state index in [1.54, 1.807) is 0 Å². The number of piperidine rings is 1. The third-order valence-corrected chi connectivity index (χ3v) is 4.41. The van der Waals surface area contributed by atoms with Crippen LogP contribution >= 0.6 is 0 Å².